The second kappa shape index (κ2) is 10.4. The predicted molar refractivity (Wildman–Crippen MR) is 88.2 cm³/mol. The first kappa shape index (κ1) is 27.4. The SMILES string of the molecule is Cc1nc(N2CC(N)C2)c(C#N)cc1C(=O)O.O=C(O)C(F)(F)F.O=C(O)C(F)(F)F. The number of rotatable bonds is 2. The first-order valence-electron chi connectivity index (χ1n) is 7.67. The van der Waals surface area contributed by atoms with Crippen molar-refractivity contribution in [2.24, 2.45) is 5.73 Å². The molecule has 10 nitrogen and oxygen atoms in total. The number of aryl methyl sites for hydroxylation is 1. The minimum absolute atomic E-state index is 0.0649. The summed E-state index contributed by atoms with van der Waals surface area (Å²) >= 11 is 0. The van der Waals surface area contributed by atoms with Gasteiger partial charge in [0.05, 0.1) is 16.8 Å². The quantitative estimate of drug-likeness (QED) is 0.471. The molecule has 0 amide bonds. The van der Waals surface area contributed by atoms with Gasteiger partial charge in [0, 0.05) is 19.1 Å². The third kappa shape index (κ3) is 8.74. The molecule has 0 spiro atoms. The Morgan fingerprint density at radius 2 is 1.48 bits per heavy atom. The lowest BCUT2D eigenvalue weighted by atomic mass is 10.1. The molecule has 0 aromatic carbocycles. The van der Waals surface area contributed by atoms with Gasteiger partial charge in [-0.25, -0.2) is 19.4 Å². The van der Waals surface area contributed by atoms with E-state index < -0.39 is 30.3 Å². The summed E-state index contributed by atoms with van der Waals surface area (Å²) in [7, 11) is 0. The number of hydrogen-bond donors (Lipinski definition) is 4. The highest BCUT2D eigenvalue weighted by Crippen LogP contribution is 2.24. The van der Waals surface area contributed by atoms with Crippen molar-refractivity contribution >= 4 is 23.7 Å². The predicted octanol–water partition coefficient (Wildman–Crippen LogP) is 1.37. The maximum absolute atomic E-state index is 10.9. The van der Waals surface area contributed by atoms with E-state index in [1.54, 1.807) is 6.92 Å². The van der Waals surface area contributed by atoms with Crippen LogP contribution in [0.5, 0.6) is 0 Å². The third-order valence-electron chi connectivity index (χ3n) is 3.24. The molecule has 1 aromatic rings. The first-order valence-corrected chi connectivity index (χ1v) is 7.67. The van der Waals surface area contributed by atoms with Gasteiger partial charge in [0.2, 0.25) is 0 Å². The van der Waals surface area contributed by atoms with Crippen molar-refractivity contribution in [2.75, 3.05) is 18.0 Å². The van der Waals surface area contributed by atoms with Crippen molar-refractivity contribution in [3.8, 4) is 6.07 Å². The molecule has 1 aliphatic rings. The summed E-state index contributed by atoms with van der Waals surface area (Å²) in [4.78, 5) is 34.8. The highest BCUT2D eigenvalue weighted by atomic mass is 19.4. The van der Waals surface area contributed by atoms with Crippen LogP contribution in [0.1, 0.15) is 21.6 Å². The molecule has 0 aliphatic carbocycles. The Labute approximate surface area is 169 Å². The van der Waals surface area contributed by atoms with Gasteiger partial charge in [0.15, 0.2) is 0 Å². The Balaban J connectivity index is 0.000000536. The summed E-state index contributed by atoms with van der Waals surface area (Å²) in [6, 6.07) is 3.44. The maximum atomic E-state index is 10.9. The van der Waals surface area contributed by atoms with E-state index in [9.17, 15) is 31.1 Å². The fraction of sp³-hybridized carbons (Fsp3) is 0.400. The number of aliphatic carboxylic acids is 2. The van der Waals surface area contributed by atoms with E-state index in [-0.39, 0.29) is 17.2 Å². The van der Waals surface area contributed by atoms with Crippen molar-refractivity contribution in [1.29, 1.82) is 5.26 Å². The number of carboxylic acid groups (broad SMARTS) is 3. The Hall–Kier alpha value is -3.61. The number of carbonyl (C=O) groups is 3. The summed E-state index contributed by atoms with van der Waals surface area (Å²) in [5.74, 6) is -6.06. The molecule has 0 bridgehead atoms. The van der Waals surface area contributed by atoms with Crippen molar-refractivity contribution in [2.45, 2.75) is 25.3 Å². The number of nitrogens with zero attached hydrogens (tertiary/aromatic N) is 3. The van der Waals surface area contributed by atoms with Gasteiger partial charge in [-0.05, 0) is 13.0 Å². The standard InChI is InChI=1S/C11H12N4O2.2C2HF3O2/c1-6-9(11(16)17)2-7(3-12)10(14-6)15-4-8(13)5-15;2*3-2(4,5)1(6)7/h2,8H,4-5,13H2,1H3,(H,16,17);2*(H,6,7). The van der Waals surface area contributed by atoms with Crippen LogP contribution in [0.25, 0.3) is 0 Å². The van der Waals surface area contributed by atoms with Gasteiger partial charge in [-0.1, -0.05) is 0 Å². The normalized spacial score (nSPS) is 13.5. The topological polar surface area (TPSA) is 178 Å². The highest BCUT2D eigenvalue weighted by molar-refractivity contribution is 5.90. The average molecular weight is 460 g/mol. The van der Waals surface area contributed by atoms with Gasteiger partial charge in [0.1, 0.15) is 11.9 Å². The second-order valence-corrected chi connectivity index (χ2v) is 5.68. The molecule has 5 N–H and O–H groups in total. The zero-order chi connectivity index (χ0) is 24.7. The number of nitriles is 1. The average Bonchev–Trinajstić information content (AvgIpc) is 2.58. The van der Waals surface area contributed by atoms with Gasteiger partial charge in [-0.3, -0.25) is 0 Å². The zero-order valence-corrected chi connectivity index (χ0v) is 15.3. The van der Waals surface area contributed by atoms with E-state index in [1.807, 2.05) is 11.0 Å². The summed E-state index contributed by atoms with van der Waals surface area (Å²) in [5.41, 5.74) is 6.42. The highest BCUT2D eigenvalue weighted by Gasteiger charge is 2.38. The van der Waals surface area contributed by atoms with Crippen LogP contribution in [0, 0.1) is 18.3 Å². The maximum Gasteiger partial charge on any atom is 0.490 e. The van der Waals surface area contributed by atoms with Crippen LogP contribution in [-0.4, -0.2) is 69.7 Å². The van der Waals surface area contributed by atoms with Crippen LogP contribution in [0.2, 0.25) is 0 Å². The monoisotopic (exact) mass is 460 g/mol. The van der Waals surface area contributed by atoms with Crippen LogP contribution < -0.4 is 10.6 Å². The Morgan fingerprint density at radius 1 is 1.10 bits per heavy atom. The fourth-order valence-corrected chi connectivity index (χ4v) is 1.82. The Bertz CT molecular complexity index is 850. The third-order valence-corrected chi connectivity index (χ3v) is 3.24. The van der Waals surface area contributed by atoms with Crippen molar-refractivity contribution in [3.63, 3.8) is 0 Å². The summed E-state index contributed by atoms with van der Waals surface area (Å²) < 4.78 is 63.5. The van der Waals surface area contributed by atoms with Crippen LogP contribution >= 0.6 is 0 Å². The molecule has 172 valence electrons. The second-order valence-electron chi connectivity index (χ2n) is 5.68. The number of pyridine rings is 1. The molecular weight excluding hydrogens is 446 g/mol. The number of nitrogens with two attached hydrogens (primary N) is 1. The number of aromatic nitrogens is 1. The molecule has 0 unspecified atom stereocenters. The summed E-state index contributed by atoms with van der Waals surface area (Å²) in [6.45, 7) is 2.91. The van der Waals surface area contributed by atoms with Gasteiger partial charge >= 0.3 is 30.3 Å². The van der Waals surface area contributed by atoms with Crippen LogP contribution in [0.4, 0.5) is 32.2 Å². The number of halogens is 6. The van der Waals surface area contributed by atoms with Gasteiger partial charge < -0.3 is 26.0 Å². The Kier molecular flexibility index (Phi) is 9.21. The molecule has 2 rings (SSSR count). The van der Waals surface area contributed by atoms with Crippen LogP contribution in [0.15, 0.2) is 6.07 Å². The fourth-order valence-electron chi connectivity index (χ4n) is 1.82. The van der Waals surface area contributed by atoms with E-state index in [2.05, 4.69) is 4.98 Å². The van der Waals surface area contributed by atoms with Gasteiger partial charge in [0.25, 0.3) is 0 Å². The van der Waals surface area contributed by atoms with Crippen molar-refractivity contribution < 1.29 is 56.0 Å². The number of carboxylic acids is 3. The largest absolute Gasteiger partial charge is 0.490 e. The lowest BCUT2D eigenvalue weighted by Gasteiger charge is -2.38. The molecule has 0 saturated carbocycles. The number of alkyl halides is 6. The van der Waals surface area contributed by atoms with Crippen LogP contribution in [-0.2, 0) is 9.59 Å². The smallest absolute Gasteiger partial charge is 0.478 e. The van der Waals surface area contributed by atoms with E-state index >= 15 is 0 Å². The minimum atomic E-state index is -5.08. The molecule has 31 heavy (non-hydrogen) atoms. The van der Waals surface area contributed by atoms with E-state index in [0.29, 0.717) is 24.6 Å². The molecule has 0 radical (unpaired) electrons. The Morgan fingerprint density at radius 3 is 1.74 bits per heavy atom. The van der Waals surface area contributed by atoms with Gasteiger partial charge in [-0.15, -0.1) is 0 Å². The number of aromatic carboxylic acids is 1. The molecule has 1 aliphatic heterocycles. The molecule has 2 heterocycles. The molecule has 16 heteroatoms. The summed E-state index contributed by atoms with van der Waals surface area (Å²) in [6.07, 6.45) is -10.2. The van der Waals surface area contributed by atoms with Gasteiger partial charge in [-0.2, -0.15) is 31.6 Å². The van der Waals surface area contributed by atoms with Crippen molar-refractivity contribution in [1.82, 2.24) is 4.98 Å². The lowest BCUT2D eigenvalue weighted by molar-refractivity contribution is -0.193. The van der Waals surface area contributed by atoms with Crippen LogP contribution in [0.3, 0.4) is 0 Å². The summed E-state index contributed by atoms with van der Waals surface area (Å²) in [5, 5.41) is 32.2. The molecule has 1 saturated heterocycles. The number of anilines is 1. The van der Waals surface area contributed by atoms with E-state index in [0.717, 1.165) is 0 Å². The zero-order valence-electron chi connectivity index (χ0n) is 15.3. The van der Waals surface area contributed by atoms with E-state index in [1.165, 1.54) is 6.07 Å². The molecule has 1 aromatic heterocycles. The van der Waals surface area contributed by atoms with Crippen molar-refractivity contribution in [3.05, 3.63) is 22.9 Å². The molecule has 0 atom stereocenters. The molecule has 1 fully saturated rings. The number of hydrogen-bond acceptors (Lipinski definition) is 7. The lowest BCUT2D eigenvalue weighted by Crippen LogP contribution is -2.56. The van der Waals surface area contributed by atoms with E-state index in [4.69, 9.17) is 35.9 Å². The first-order chi connectivity index (χ1) is 13.9. The molecular formula is C15H14F6N4O6. The minimum Gasteiger partial charge on any atom is -0.478 e.